The van der Waals surface area contributed by atoms with Gasteiger partial charge >= 0.3 is 5.69 Å². The molecule has 0 spiro atoms. The Morgan fingerprint density at radius 1 is 1.09 bits per heavy atom. The number of hydrogen-bond acceptors (Lipinski definition) is 6. The molecular formula is C23H32N6O4. The Balaban J connectivity index is 1.89. The highest BCUT2D eigenvalue weighted by Crippen LogP contribution is 2.20. The molecule has 0 atom stereocenters. The lowest BCUT2D eigenvalue weighted by atomic mass is 10.2. The Kier molecular flexibility index (Phi) is 7.70. The number of carbonyl (C=O) groups excluding carboxylic acids is 2. The van der Waals surface area contributed by atoms with Crippen LogP contribution in [0.3, 0.4) is 0 Å². The zero-order valence-corrected chi connectivity index (χ0v) is 19.4. The maximum absolute atomic E-state index is 13.3. The number of H-pyrrole nitrogens is 1. The third kappa shape index (κ3) is 5.89. The Bertz CT molecular complexity index is 1100. The van der Waals surface area contributed by atoms with E-state index in [1.165, 1.54) is 16.4 Å². The van der Waals surface area contributed by atoms with E-state index in [4.69, 9.17) is 5.73 Å². The summed E-state index contributed by atoms with van der Waals surface area (Å²) in [6, 6.07) is 9.28. The van der Waals surface area contributed by atoms with Crippen LogP contribution in [0.5, 0.6) is 0 Å². The molecule has 0 saturated carbocycles. The maximum atomic E-state index is 13.3. The number of piperazine rings is 1. The van der Waals surface area contributed by atoms with E-state index in [0.29, 0.717) is 26.2 Å². The predicted octanol–water partition coefficient (Wildman–Crippen LogP) is 0.320. The van der Waals surface area contributed by atoms with Crippen molar-refractivity contribution in [3.8, 4) is 0 Å². The quantitative estimate of drug-likeness (QED) is 0.618. The zero-order valence-electron chi connectivity index (χ0n) is 19.4. The van der Waals surface area contributed by atoms with Crippen LogP contribution in [0.4, 0.5) is 11.5 Å². The molecular weight excluding hydrogens is 424 g/mol. The molecule has 178 valence electrons. The minimum Gasteiger partial charge on any atom is -0.383 e. The van der Waals surface area contributed by atoms with Gasteiger partial charge < -0.3 is 15.5 Å². The number of nitrogens with one attached hydrogen (secondary N) is 1. The van der Waals surface area contributed by atoms with Crippen LogP contribution < -0.4 is 21.9 Å². The first-order chi connectivity index (χ1) is 15.7. The molecule has 1 aromatic heterocycles. The summed E-state index contributed by atoms with van der Waals surface area (Å²) >= 11 is 0. The molecule has 10 heteroatoms. The number of anilines is 2. The van der Waals surface area contributed by atoms with Gasteiger partial charge in [-0.3, -0.25) is 28.8 Å². The molecule has 1 fully saturated rings. The Labute approximate surface area is 192 Å². The van der Waals surface area contributed by atoms with Crippen LogP contribution in [-0.4, -0.2) is 70.4 Å². The third-order valence-corrected chi connectivity index (χ3v) is 5.69. The van der Waals surface area contributed by atoms with Crippen LogP contribution in [0.15, 0.2) is 39.9 Å². The van der Waals surface area contributed by atoms with Crippen LogP contribution >= 0.6 is 0 Å². The van der Waals surface area contributed by atoms with E-state index in [1.807, 2.05) is 49.1 Å². The summed E-state index contributed by atoms with van der Waals surface area (Å²) < 4.78 is 1.28. The van der Waals surface area contributed by atoms with Crippen molar-refractivity contribution in [1.29, 1.82) is 0 Å². The molecule has 10 nitrogen and oxygen atoms in total. The summed E-state index contributed by atoms with van der Waals surface area (Å²) in [6.07, 6.45) is 0. The lowest BCUT2D eigenvalue weighted by molar-refractivity contribution is -0.130. The molecule has 33 heavy (non-hydrogen) atoms. The van der Waals surface area contributed by atoms with Gasteiger partial charge in [0.1, 0.15) is 5.82 Å². The predicted molar refractivity (Wildman–Crippen MR) is 127 cm³/mol. The average molecular weight is 457 g/mol. The summed E-state index contributed by atoms with van der Waals surface area (Å²) in [4.78, 5) is 57.6. The van der Waals surface area contributed by atoms with Gasteiger partial charge in [-0.2, -0.15) is 0 Å². The van der Waals surface area contributed by atoms with Gasteiger partial charge in [-0.15, -0.1) is 0 Å². The fourth-order valence-electron chi connectivity index (χ4n) is 3.94. The van der Waals surface area contributed by atoms with Crippen molar-refractivity contribution in [1.82, 2.24) is 19.4 Å². The van der Waals surface area contributed by atoms with Gasteiger partial charge in [-0.25, -0.2) is 4.79 Å². The van der Waals surface area contributed by atoms with E-state index in [1.54, 1.807) is 4.90 Å². The number of rotatable bonds is 7. The molecule has 1 aliphatic rings. The van der Waals surface area contributed by atoms with Gasteiger partial charge in [0.15, 0.2) is 5.69 Å². The topological polar surface area (TPSA) is 125 Å². The number of aromatic nitrogens is 2. The van der Waals surface area contributed by atoms with Crippen molar-refractivity contribution in [2.45, 2.75) is 27.3 Å². The van der Waals surface area contributed by atoms with Gasteiger partial charge in [0, 0.05) is 39.6 Å². The average Bonchev–Trinajstić information content (AvgIpc) is 2.76. The van der Waals surface area contributed by atoms with E-state index in [2.05, 4.69) is 4.98 Å². The maximum Gasteiger partial charge on any atom is 0.330 e. The monoisotopic (exact) mass is 456 g/mol. The molecule has 0 unspecified atom stereocenters. The van der Waals surface area contributed by atoms with Crippen molar-refractivity contribution in [3.63, 3.8) is 0 Å². The number of nitrogens with zero attached hydrogens (tertiary/aromatic N) is 4. The minimum atomic E-state index is -0.683. The molecule has 2 amide bonds. The highest BCUT2D eigenvalue weighted by Gasteiger charge is 2.28. The van der Waals surface area contributed by atoms with E-state index >= 15 is 0 Å². The summed E-state index contributed by atoms with van der Waals surface area (Å²) in [5, 5.41) is 0. The molecule has 3 N–H and O–H groups in total. The van der Waals surface area contributed by atoms with Gasteiger partial charge in [-0.05, 0) is 11.5 Å². The minimum absolute atomic E-state index is 0.00777. The Morgan fingerprint density at radius 2 is 1.73 bits per heavy atom. The summed E-state index contributed by atoms with van der Waals surface area (Å²) in [5.74, 6) is -0.232. The van der Waals surface area contributed by atoms with Crippen LogP contribution in [0.2, 0.25) is 0 Å². The van der Waals surface area contributed by atoms with Crippen LogP contribution in [0.25, 0.3) is 0 Å². The molecule has 1 saturated heterocycles. The van der Waals surface area contributed by atoms with Crippen molar-refractivity contribution >= 4 is 23.3 Å². The van der Waals surface area contributed by atoms with Crippen molar-refractivity contribution in [2.24, 2.45) is 5.92 Å². The number of amides is 2. The largest absolute Gasteiger partial charge is 0.383 e. The van der Waals surface area contributed by atoms with Crippen molar-refractivity contribution < 1.29 is 9.59 Å². The molecule has 2 aromatic rings. The van der Waals surface area contributed by atoms with Gasteiger partial charge in [-0.1, -0.05) is 44.2 Å². The fourth-order valence-corrected chi connectivity index (χ4v) is 3.94. The second-order valence-corrected chi connectivity index (χ2v) is 8.75. The number of benzene rings is 1. The lowest BCUT2D eigenvalue weighted by Gasteiger charge is -2.35. The van der Waals surface area contributed by atoms with E-state index in [0.717, 1.165) is 5.56 Å². The molecule has 0 radical (unpaired) electrons. The number of nitrogens with two attached hydrogens (primary N) is 1. The SMILES string of the molecule is CC(=O)N1CCN(CC(=O)N(CC(C)C)c2c(N)n(Cc3ccccc3)c(=O)[nH]c2=O)CC1. The summed E-state index contributed by atoms with van der Waals surface area (Å²) in [6.45, 7) is 8.21. The van der Waals surface area contributed by atoms with E-state index in [9.17, 15) is 19.2 Å². The summed E-state index contributed by atoms with van der Waals surface area (Å²) in [5.41, 5.74) is 5.85. The van der Waals surface area contributed by atoms with Crippen molar-refractivity contribution in [2.75, 3.05) is 49.9 Å². The molecule has 2 heterocycles. The van der Waals surface area contributed by atoms with Crippen LogP contribution in [-0.2, 0) is 16.1 Å². The number of nitrogen functional groups attached to an aromatic ring is 1. The summed E-state index contributed by atoms with van der Waals surface area (Å²) in [7, 11) is 0. The van der Waals surface area contributed by atoms with Gasteiger partial charge in [0.25, 0.3) is 5.56 Å². The van der Waals surface area contributed by atoms with Gasteiger partial charge in [0.05, 0.1) is 13.1 Å². The third-order valence-electron chi connectivity index (χ3n) is 5.69. The molecule has 1 aromatic carbocycles. The molecule has 0 aliphatic carbocycles. The number of aromatic amines is 1. The van der Waals surface area contributed by atoms with Gasteiger partial charge in [0.2, 0.25) is 11.8 Å². The lowest BCUT2D eigenvalue weighted by Crippen LogP contribution is -2.52. The second kappa shape index (κ2) is 10.5. The molecule has 0 bridgehead atoms. The Hall–Kier alpha value is -3.40. The Morgan fingerprint density at radius 3 is 2.30 bits per heavy atom. The first-order valence-electron chi connectivity index (χ1n) is 11.1. The fraction of sp³-hybridized carbons (Fsp3) is 0.478. The standard InChI is InChI=1S/C23H32N6O4/c1-16(2)13-28(19(31)15-26-9-11-27(12-10-26)17(3)30)20-21(24)29(23(33)25-22(20)32)14-18-7-5-4-6-8-18/h4-8,16H,9-15,24H2,1-3H3,(H,25,32,33). The number of carbonyl (C=O) groups is 2. The van der Waals surface area contributed by atoms with E-state index < -0.39 is 11.2 Å². The van der Waals surface area contributed by atoms with E-state index in [-0.39, 0.29) is 48.9 Å². The first kappa shape index (κ1) is 24.2. The van der Waals surface area contributed by atoms with Crippen molar-refractivity contribution in [3.05, 3.63) is 56.7 Å². The highest BCUT2D eigenvalue weighted by molar-refractivity contribution is 5.96. The highest BCUT2D eigenvalue weighted by atomic mass is 16.2. The molecule has 3 rings (SSSR count). The first-order valence-corrected chi connectivity index (χ1v) is 11.1. The number of hydrogen-bond donors (Lipinski definition) is 2. The molecule has 1 aliphatic heterocycles. The normalized spacial score (nSPS) is 14.5. The zero-order chi connectivity index (χ0) is 24.1. The smallest absolute Gasteiger partial charge is 0.330 e. The van der Waals surface area contributed by atoms with Crippen LogP contribution in [0.1, 0.15) is 26.3 Å². The second-order valence-electron chi connectivity index (χ2n) is 8.75. The van der Waals surface area contributed by atoms with Crippen LogP contribution in [0, 0.1) is 5.92 Å².